The summed E-state index contributed by atoms with van der Waals surface area (Å²) < 4.78 is 0. The zero-order valence-corrected chi connectivity index (χ0v) is 11.5. The Hall–Kier alpha value is -0.790. The van der Waals surface area contributed by atoms with Crippen molar-refractivity contribution >= 4 is 0 Å². The molecule has 0 spiro atoms. The Labute approximate surface area is 106 Å². The molecule has 0 aliphatic carbocycles. The fourth-order valence-electron chi connectivity index (χ4n) is 2.44. The van der Waals surface area contributed by atoms with Crippen molar-refractivity contribution in [2.24, 2.45) is 0 Å². The molecule has 1 N–H and O–H groups in total. The minimum atomic E-state index is 0.654. The SMILES string of the molecule is CCCCCCCCC(CCC)c1ncc[nH]1. The van der Waals surface area contributed by atoms with Crippen molar-refractivity contribution in [3.8, 4) is 0 Å². The predicted octanol–water partition coefficient (Wildman–Crippen LogP) is 5.04. The van der Waals surface area contributed by atoms with Crippen molar-refractivity contribution in [3.63, 3.8) is 0 Å². The van der Waals surface area contributed by atoms with Crippen LogP contribution in [0.4, 0.5) is 0 Å². The van der Waals surface area contributed by atoms with Crippen molar-refractivity contribution in [3.05, 3.63) is 18.2 Å². The molecule has 1 aromatic rings. The highest BCUT2D eigenvalue weighted by Gasteiger charge is 2.12. The van der Waals surface area contributed by atoms with E-state index in [4.69, 9.17) is 0 Å². The van der Waals surface area contributed by atoms with Gasteiger partial charge >= 0.3 is 0 Å². The van der Waals surface area contributed by atoms with Crippen molar-refractivity contribution in [1.82, 2.24) is 9.97 Å². The van der Waals surface area contributed by atoms with Gasteiger partial charge in [-0.1, -0.05) is 58.8 Å². The molecule has 1 heterocycles. The summed E-state index contributed by atoms with van der Waals surface area (Å²) in [6.07, 6.45) is 15.9. The molecule has 0 amide bonds. The number of nitrogens with zero attached hydrogens (tertiary/aromatic N) is 1. The summed E-state index contributed by atoms with van der Waals surface area (Å²) in [7, 11) is 0. The molecule has 2 nitrogen and oxygen atoms in total. The number of hydrogen-bond donors (Lipinski definition) is 1. The highest BCUT2D eigenvalue weighted by atomic mass is 14.9. The monoisotopic (exact) mass is 236 g/mol. The van der Waals surface area contributed by atoms with Gasteiger partial charge in [-0.3, -0.25) is 0 Å². The van der Waals surface area contributed by atoms with Crippen LogP contribution in [-0.2, 0) is 0 Å². The molecular weight excluding hydrogens is 208 g/mol. The fraction of sp³-hybridized carbons (Fsp3) is 0.800. The molecule has 0 saturated heterocycles. The zero-order valence-electron chi connectivity index (χ0n) is 11.5. The van der Waals surface area contributed by atoms with Crippen LogP contribution in [0.2, 0.25) is 0 Å². The summed E-state index contributed by atoms with van der Waals surface area (Å²) in [6.45, 7) is 4.53. The first-order valence-electron chi connectivity index (χ1n) is 7.37. The second-order valence-electron chi connectivity index (χ2n) is 5.02. The number of H-pyrrole nitrogens is 1. The van der Waals surface area contributed by atoms with Gasteiger partial charge < -0.3 is 4.98 Å². The van der Waals surface area contributed by atoms with E-state index in [0.717, 1.165) is 0 Å². The Morgan fingerprint density at radius 3 is 2.41 bits per heavy atom. The van der Waals surface area contributed by atoms with Gasteiger partial charge in [0.15, 0.2) is 0 Å². The largest absolute Gasteiger partial charge is 0.348 e. The summed E-state index contributed by atoms with van der Waals surface area (Å²) in [5.74, 6) is 1.85. The normalized spacial score (nSPS) is 12.8. The van der Waals surface area contributed by atoms with Crippen molar-refractivity contribution in [2.75, 3.05) is 0 Å². The lowest BCUT2D eigenvalue weighted by atomic mass is 9.95. The van der Waals surface area contributed by atoms with Gasteiger partial charge in [0.25, 0.3) is 0 Å². The van der Waals surface area contributed by atoms with E-state index >= 15 is 0 Å². The number of aromatic nitrogens is 2. The van der Waals surface area contributed by atoms with Crippen molar-refractivity contribution < 1.29 is 0 Å². The molecule has 2 heteroatoms. The van der Waals surface area contributed by atoms with Crippen LogP contribution in [-0.4, -0.2) is 9.97 Å². The molecule has 0 aliphatic heterocycles. The number of imidazole rings is 1. The molecule has 0 aliphatic rings. The van der Waals surface area contributed by atoms with E-state index in [9.17, 15) is 0 Å². The van der Waals surface area contributed by atoms with Crippen molar-refractivity contribution in [2.45, 2.75) is 77.6 Å². The molecule has 0 aromatic carbocycles. The van der Waals surface area contributed by atoms with Gasteiger partial charge in [0, 0.05) is 18.3 Å². The molecule has 98 valence electrons. The van der Waals surface area contributed by atoms with Crippen LogP contribution < -0.4 is 0 Å². The van der Waals surface area contributed by atoms with Gasteiger partial charge in [0.1, 0.15) is 5.82 Å². The van der Waals surface area contributed by atoms with Crippen LogP contribution in [0.25, 0.3) is 0 Å². The van der Waals surface area contributed by atoms with Crippen LogP contribution in [0, 0.1) is 0 Å². The summed E-state index contributed by atoms with van der Waals surface area (Å²) >= 11 is 0. The first-order chi connectivity index (χ1) is 8.38. The number of hydrogen-bond acceptors (Lipinski definition) is 1. The highest BCUT2D eigenvalue weighted by molar-refractivity contribution is 4.96. The van der Waals surface area contributed by atoms with Gasteiger partial charge in [0.05, 0.1) is 0 Å². The number of aromatic amines is 1. The molecule has 0 saturated carbocycles. The smallest absolute Gasteiger partial charge is 0.109 e. The standard InChI is InChI=1S/C15H28N2/c1-3-5-6-7-8-9-11-14(10-4-2)15-16-12-13-17-15/h12-14H,3-11H2,1-2H3,(H,16,17). The van der Waals surface area contributed by atoms with E-state index in [1.165, 1.54) is 63.6 Å². The van der Waals surface area contributed by atoms with E-state index in [2.05, 4.69) is 23.8 Å². The summed E-state index contributed by atoms with van der Waals surface area (Å²) in [5.41, 5.74) is 0. The molecule has 1 rings (SSSR count). The maximum atomic E-state index is 4.41. The van der Waals surface area contributed by atoms with Gasteiger partial charge in [0.2, 0.25) is 0 Å². The van der Waals surface area contributed by atoms with Crippen LogP contribution >= 0.6 is 0 Å². The van der Waals surface area contributed by atoms with Crippen LogP contribution in [0.3, 0.4) is 0 Å². The third-order valence-corrected chi connectivity index (χ3v) is 3.45. The number of rotatable bonds is 10. The van der Waals surface area contributed by atoms with E-state index in [0.29, 0.717) is 5.92 Å². The van der Waals surface area contributed by atoms with Crippen LogP contribution in [0.1, 0.15) is 83.4 Å². The Bertz CT molecular complexity index is 254. The Balaban J connectivity index is 2.17. The first-order valence-corrected chi connectivity index (χ1v) is 7.37. The Morgan fingerprint density at radius 2 is 1.76 bits per heavy atom. The maximum Gasteiger partial charge on any atom is 0.109 e. The average molecular weight is 236 g/mol. The summed E-state index contributed by atoms with van der Waals surface area (Å²) in [5, 5.41) is 0. The van der Waals surface area contributed by atoms with Crippen molar-refractivity contribution in [1.29, 1.82) is 0 Å². The molecule has 0 fully saturated rings. The minimum Gasteiger partial charge on any atom is -0.348 e. The molecule has 1 aromatic heterocycles. The third kappa shape index (κ3) is 5.90. The molecule has 17 heavy (non-hydrogen) atoms. The molecular formula is C15H28N2. The summed E-state index contributed by atoms with van der Waals surface area (Å²) in [4.78, 5) is 7.68. The van der Waals surface area contributed by atoms with Gasteiger partial charge in [-0.25, -0.2) is 4.98 Å². The van der Waals surface area contributed by atoms with Crippen LogP contribution in [0.15, 0.2) is 12.4 Å². The van der Waals surface area contributed by atoms with Gasteiger partial charge in [-0.05, 0) is 12.8 Å². The molecule has 1 atom stereocenters. The predicted molar refractivity (Wildman–Crippen MR) is 74.2 cm³/mol. The molecule has 0 bridgehead atoms. The lowest BCUT2D eigenvalue weighted by Gasteiger charge is -2.13. The highest BCUT2D eigenvalue weighted by Crippen LogP contribution is 2.24. The topological polar surface area (TPSA) is 28.7 Å². The van der Waals surface area contributed by atoms with E-state index < -0.39 is 0 Å². The average Bonchev–Trinajstić information content (AvgIpc) is 2.86. The summed E-state index contributed by atoms with van der Waals surface area (Å²) in [6, 6.07) is 0. The maximum absolute atomic E-state index is 4.41. The fourth-order valence-corrected chi connectivity index (χ4v) is 2.44. The lowest BCUT2D eigenvalue weighted by molar-refractivity contribution is 0.498. The Kier molecular flexibility index (Phi) is 7.78. The zero-order chi connectivity index (χ0) is 12.3. The van der Waals surface area contributed by atoms with Gasteiger partial charge in [-0.15, -0.1) is 0 Å². The van der Waals surface area contributed by atoms with E-state index in [1.807, 2.05) is 12.4 Å². The first kappa shape index (κ1) is 14.3. The molecule has 0 radical (unpaired) electrons. The van der Waals surface area contributed by atoms with E-state index in [-0.39, 0.29) is 0 Å². The van der Waals surface area contributed by atoms with E-state index in [1.54, 1.807) is 0 Å². The lowest BCUT2D eigenvalue weighted by Crippen LogP contribution is -2.01. The number of nitrogens with one attached hydrogen (secondary N) is 1. The second-order valence-corrected chi connectivity index (χ2v) is 5.02. The minimum absolute atomic E-state index is 0.654. The number of unbranched alkanes of at least 4 members (excludes halogenated alkanes) is 5. The second kappa shape index (κ2) is 9.26. The quantitative estimate of drug-likeness (QED) is 0.566. The van der Waals surface area contributed by atoms with Gasteiger partial charge in [-0.2, -0.15) is 0 Å². The molecule has 1 unspecified atom stereocenters. The van der Waals surface area contributed by atoms with Crippen LogP contribution in [0.5, 0.6) is 0 Å². The third-order valence-electron chi connectivity index (χ3n) is 3.45. The Morgan fingerprint density at radius 1 is 1.00 bits per heavy atom.